The normalized spacial score (nSPS) is 33.7. The summed E-state index contributed by atoms with van der Waals surface area (Å²) >= 11 is 6.12. The molecule has 1 aliphatic heterocycles. The lowest BCUT2D eigenvalue weighted by molar-refractivity contribution is -0.123. The maximum absolute atomic E-state index is 12.7. The van der Waals surface area contributed by atoms with Crippen LogP contribution < -0.4 is 9.64 Å². The molecule has 1 aromatic carbocycles. The molecule has 3 aliphatic rings. The van der Waals surface area contributed by atoms with Crippen molar-refractivity contribution >= 4 is 29.1 Å². The summed E-state index contributed by atoms with van der Waals surface area (Å²) in [5.41, 5.74) is 0.560. The van der Waals surface area contributed by atoms with Crippen LogP contribution in [0.5, 0.6) is 5.75 Å². The monoisotopic (exact) mass is 305 g/mol. The number of methoxy groups -OCH3 is 1. The maximum atomic E-state index is 12.7. The molecule has 2 amide bonds. The molecule has 1 saturated heterocycles. The molecule has 0 unspecified atom stereocenters. The molecular weight excluding hydrogens is 290 g/mol. The van der Waals surface area contributed by atoms with Crippen molar-refractivity contribution in [3.05, 3.63) is 23.2 Å². The number of nitrogens with zero attached hydrogens (tertiary/aromatic N) is 1. The molecule has 3 fully saturated rings. The fourth-order valence-electron chi connectivity index (χ4n) is 4.46. The Morgan fingerprint density at radius 1 is 1.14 bits per heavy atom. The van der Waals surface area contributed by atoms with E-state index in [0.717, 1.165) is 19.3 Å². The van der Waals surface area contributed by atoms with Crippen molar-refractivity contribution in [3.63, 3.8) is 0 Å². The summed E-state index contributed by atoms with van der Waals surface area (Å²) in [4.78, 5) is 26.7. The molecule has 1 aromatic rings. The predicted octanol–water partition coefficient (Wildman–Crippen LogP) is 2.88. The third-order valence-corrected chi connectivity index (χ3v) is 5.62. The van der Waals surface area contributed by atoms with Crippen LogP contribution in [0.2, 0.25) is 5.02 Å². The Morgan fingerprint density at radius 2 is 1.76 bits per heavy atom. The molecule has 0 radical (unpaired) electrons. The van der Waals surface area contributed by atoms with Gasteiger partial charge in [-0.3, -0.25) is 9.59 Å². The van der Waals surface area contributed by atoms with E-state index < -0.39 is 0 Å². The van der Waals surface area contributed by atoms with Crippen LogP contribution in [0.3, 0.4) is 0 Å². The largest absolute Gasteiger partial charge is 0.495 e. The molecule has 4 rings (SSSR count). The van der Waals surface area contributed by atoms with Crippen molar-refractivity contribution in [2.75, 3.05) is 12.0 Å². The number of carbonyl (C=O) groups excluding carboxylic acids is 2. The zero-order chi connectivity index (χ0) is 14.7. The fourth-order valence-corrected chi connectivity index (χ4v) is 4.71. The van der Waals surface area contributed by atoms with Gasteiger partial charge in [-0.1, -0.05) is 11.6 Å². The van der Waals surface area contributed by atoms with Crippen LogP contribution in [-0.4, -0.2) is 18.9 Å². The van der Waals surface area contributed by atoms with Gasteiger partial charge in [-0.15, -0.1) is 0 Å². The van der Waals surface area contributed by atoms with Gasteiger partial charge in [-0.05, 0) is 49.3 Å². The number of fused-ring (bicyclic) bond motifs is 5. The Labute approximate surface area is 128 Å². The Morgan fingerprint density at radius 3 is 2.29 bits per heavy atom. The number of carbonyl (C=O) groups is 2. The first-order valence-corrected chi connectivity index (χ1v) is 7.71. The topological polar surface area (TPSA) is 46.6 Å². The third kappa shape index (κ3) is 1.68. The number of hydrogen-bond acceptors (Lipinski definition) is 3. The van der Waals surface area contributed by atoms with Gasteiger partial charge in [0.25, 0.3) is 0 Å². The van der Waals surface area contributed by atoms with Crippen LogP contribution in [0.25, 0.3) is 0 Å². The van der Waals surface area contributed by atoms with Crippen LogP contribution in [0.15, 0.2) is 18.2 Å². The molecule has 0 spiro atoms. The third-order valence-electron chi connectivity index (χ3n) is 5.32. The molecule has 4 atom stereocenters. The second kappa shape index (κ2) is 4.47. The van der Waals surface area contributed by atoms with Crippen molar-refractivity contribution < 1.29 is 14.3 Å². The van der Waals surface area contributed by atoms with Crippen molar-refractivity contribution in [2.45, 2.75) is 19.3 Å². The van der Waals surface area contributed by atoms with E-state index in [1.807, 2.05) is 0 Å². The number of hydrogen-bond donors (Lipinski definition) is 0. The van der Waals surface area contributed by atoms with Gasteiger partial charge in [0.1, 0.15) is 5.75 Å². The van der Waals surface area contributed by atoms with E-state index in [-0.39, 0.29) is 23.7 Å². The van der Waals surface area contributed by atoms with Gasteiger partial charge in [0.2, 0.25) is 11.8 Å². The Bertz CT molecular complexity index is 616. The summed E-state index contributed by atoms with van der Waals surface area (Å²) in [7, 11) is 1.54. The average Bonchev–Trinajstić information content (AvgIpc) is 3.13. The summed E-state index contributed by atoms with van der Waals surface area (Å²) in [6.07, 6.45) is 3.22. The Balaban J connectivity index is 1.72. The molecule has 110 valence electrons. The average molecular weight is 306 g/mol. The predicted molar refractivity (Wildman–Crippen MR) is 78.3 cm³/mol. The van der Waals surface area contributed by atoms with E-state index in [4.69, 9.17) is 16.3 Å². The number of halogens is 1. The van der Waals surface area contributed by atoms with Gasteiger partial charge in [0.05, 0.1) is 29.7 Å². The zero-order valence-corrected chi connectivity index (χ0v) is 12.5. The van der Waals surface area contributed by atoms with Crippen LogP contribution in [0.4, 0.5) is 5.69 Å². The van der Waals surface area contributed by atoms with Gasteiger partial charge < -0.3 is 4.74 Å². The van der Waals surface area contributed by atoms with Gasteiger partial charge in [0.15, 0.2) is 0 Å². The Hall–Kier alpha value is -1.55. The molecule has 0 N–H and O–H groups in total. The van der Waals surface area contributed by atoms with Crippen molar-refractivity contribution in [2.24, 2.45) is 23.7 Å². The fraction of sp³-hybridized carbons (Fsp3) is 0.500. The number of anilines is 1. The second-order valence-corrected chi connectivity index (χ2v) is 6.62. The van der Waals surface area contributed by atoms with Crippen LogP contribution in [-0.2, 0) is 9.59 Å². The molecule has 1 heterocycles. The standard InChI is InChI=1S/C16H16ClNO3/c1-21-12-5-4-10(7-11(12)17)18-15(19)13-8-2-3-9(6-8)14(13)16(18)20/h4-5,7-9,13-14H,2-3,6H2,1H3/t8-,9-,13-,14-/m0/s1. The first kappa shape index (κ1) is 13.1. The van der Waals surface area contributed by atoms with Gasteiger partial charge in [-0.25, -0.2) is 4.90 Å². The molecule has 2 saturated carbocycles. The number of imide groups is 1. The lowest BCUT2D eigenvalue weighted by Gasteiger charge is -2.19. The van der Waals surface area contributed by atoms with Crippen molar-refractivity contribution in [3.8, 4) is 5.75 Å². The van der Waals surface area contributed by atoms with Crippen LogP contribution >= 0.6 is 11.6 Å². The van der Waals surface area contributed by atoms with Gasteiger partial charge in [0, 0.05) is 0 Å². The molecule has 2 bridgehead atoms. The zero-order valence-electron chi connectivity index (χ0n) is 11.7. The maximum Gasteiger partial charge on any atom is 0.237 e. The van der Waals surface area contributed by atoms with E-state index in [2.05, 4.69) is 0 Å². The van der Waals surface area contributed by atoms with Crippen LogP contribution in [0.1, 0.15) is 19.3 Å². The first-order valence-electron chi connectivity index (χ1n) is 7.33. The molecule has 5 heteroatoms. The van der Waals surface area contributed by atoms with E-state index in [9.17, 15) is 9.59 Å². The minimum absolute atomic E-state index is 0.0431. The minimum atomic E-state index is -0.0999. The van der Waals surface area contributed by atoms with Crippen LogP contribution in [0, 0.1) is 23.7 Å². The lowest BCUT2D eigenvalue weighted by atomic mass is 9.81. The van der Waals surface area contributed by atoms with E-state index in [1.54, 1.807) is 18.2 Å². The number of amides is 2. The highest BCUT2D eigenvalue weighted by molar-refractivity contribution is 6.33. The number of ether oxygens (including phenoxy) is 1. The smallest absolute Gasteiger partial charge is 0.237 e. The SMILES string of the molecule is COc1ccc(N2C(=O)[C@H]3[C@H]4CC[C@@H](C4)[C@@H]3C2=O)cc1Cl. The number of benzene rings is 1. The van der Waals surface area contributed by atoms with Crippen molar-refractivity contribution in [1.82, 2.24) is 0 Å². The number of rotatable bonds is 2. The first-order chi connectivity index (χ1) is 10.1. The molecular formula is C16H16ClNO3. The van der Waals surface area contributed by atoms with E-state index in [0.29, 0.717) is 28.3 Å². The summed E-state index contributed by atoms with van der Waals surface area (Å²) in [5, 5.41) is 0.413. The Kier molecular flexibility index (Phi) is 2.80. The van der Waals surface area contributed by atoms with Crippen molar-refractivity contribution in [1.29, 1.82) is 0 Å². The summed E-state index contributed by atoms with van der Waals surface area (Å²) in [5.74, 6) is 1.05. The van der Waals surface area contributed by atoms with Gasteiger partial charge in [-0.2, -0.15) is 0 Å². The lowest BCUT2D eigenvalue weighted by Crippen LogP contribution is -2.32. The minimum Gasteiger partial charge on any atom is -0.495 e. The van der Waals surface area contributed by atoms with Gasteiger partial charge >= 0.3 is 0 Å². The highest BCUT2D eigenvalue weighted by Gasteiger charge is 2.61. The molecule has 21 heavy (non-hydrogen) atoms. The molecule has 4 nitrogen and oxygen atoms in total. The quantitative estimate of drug-likeness (QED) is 0.789. The summed E-state index contributed by atoms with van der Waals surface area (Å²) in [6.45, 7) is 0. The summed E-state index contributed by atoms with van der Waals surface area (Å²) in [6, 6.07) is 5.06. The molecule has 0 aromatic heterocycles. The highest BCUT2D eigenvalue weighted by Crippen LogP contribution is 2.56. The highest BCUT2D eigenvalue weighted by atomic mass is 35.5. The molecule has 2 aliphatic carbocycles. The summed E-state index contributed by atoms with van der Waals surface area (Å²) < 4.78 is 5.11. The second-order valence-electron chi connectivity index (χ2n) is 6.22. The van der Waals surface area contributed by atoms with E-state index in [1.165, 1.54) is 12.0 Å². The van der Waals surface area contributed by atoms with E-state index >= 15 is 0 Å².